The van der Waals surface area contributed by atoms with Crippen LogP contribution in [0.2, 0.25) is 0 Å². The number of halogens is 1. The fourth-order valence-corrected chi connectivity index (χ4v) is 2.82. The van der Waals surface area contributed by atoms with E-state index in [0.29, 0.717) is 19.0 Å². The Kier molecular flexibility index (Phi) is 9.34. The van der Waals surface area contributed by atoms with Crippen LogP contribution >= 0.6 is 24.0 Å². The predicted molar refractivity (Wildman–Crippen MR) is 123 cm³/mol. The molecule has 2 fully saturated rings. The molecule has 0 saturated heterocycles. The standard InChI is InChI=1S/C21H32N4O2.HI/c1-15-5-8-17(19(12-15)27-14-16-6-7-16)13-24-21(22-2)23-11-3-4-20(26)25-18-9-10-18;/h5,8,12,16,18H,3-4,6-7,9-11,13-14H2,1-2H3,(H,25,26)(H2,22,23,24);1H. The second-order valence-corrected chi connectivity index (χ2v) is 7.66. The van der Waals surface area contributed by atoms with Gasteiger partial charge in [0.2, 0.25) is 5.91 Å². The molecular weight excluding hydrogens is 467 g/mol. The smallest absolute Gasteiger partial charge is 0.220 e. The second kappa shape index (κ2) is 11.5. The van der Waals surface area contributed by atoms with Crippen LogP contribution in [-0.2, 0) is 11.3 Å². The maximum atomic E-state index is 11.7. The molecule has 7 heteroatoms. The number of aryl methyl sites for hydroxylation is 1. The zero-order valence-corrected chi connectivity index (χ0v) is 19.3. The lowest BCUT2D eigenvalue weighted by Gasteiger charge is -2.15. The molecule has 0 atom stereocenters. The number of carbonyl (C=O) groups excluding carboxylic acids is 1. The number of nitrogens with zero attached hydrogens (tertiary/aromatic N) is 1. The van der Waals surface area contributed by atoms with E-state index < -0.39 is 0 Å². The molecule has 0 unspecified atom stereocenters. The second-order valence-electron chi connectivity index (χ2n) is 7.66. The van der Waals surface area contributed by atoms with Gasteiger partial charge >= 0.3 is 0 Å². The lowest BCUT2D eigenvalue weighted by molar-refractivity contribution is -0.121. The van der Waals surface area contributed by atoms with Gasteiger partial charge in [-0.1, -0.05) is 12.1 Å². The van der Waals surface area contributed by atoms with E-state index in [2.05, 4.69) is 46.1 Å². The summed E-state index contributed by atoms with van der Waals surface area (Å²) in [5, 5.41) is 9.62. The first-order chi connectivity index (χ1) is 13.1. The van der Waals surface area contributed by atoms with E-state index >= 15 is 0 Å². The van der Waals surface area contributed by atoms with Gasteiger partial charge in [0.25, 0.3) is 0 Å². The molecule has 0 spiro atoms. The minimum absolute atomic E-state index is 0. The Hall–Kier alpha value is -1.51. The molecule has 2 aliphatic carbocycles. The molecule has 0 heterocycles. The largest absolute Gasteiger partial charge is 0.493 e. The Labute approximate surface area is 185 Å². The highest BCUT2D eigenvalue weighted by atomic mass is 127. The number of benzene rings is 1. The van der Waals surface area contributed by atoms with Crippen molar-refractivity contribution in [3.8, 4) is 5.75 Å². The molecule has 2 saturated carbocycles. The Morgan fingerprint density at radius 3 is 2.68 bits per heavy atom. The number of aliphatic imine (C=N–C) groups is 1. The van der Waals surface area contributed by atoms with Gasteiger partial charge in [0.05, 0.1) is 6.61 Å². The summed E-state index contributed by atoms with van der Waals surface area (Å²) in [6.07, 6.45) is 6.18. The summed E-state index contributed by atoms with van der Waals surface area (Å²) >= 11 is 0. The summed E-state index contributed by atoms with van der Waals surface area (Å²) in [5.74, 6) is 2.59. The summed E-state index contributed by atoms with van der Waals surface area (Å²) in [7, 11) is 1.76. The van der Waals surface area contributed by atoms with Crippen molar-refractivity contribution in [3.63, 3.8) is 0 Å². The molecule has 156 valence electrons. The monoisotopic (exact) mass is 500 g/mol. The van der Waals surface area contributed by atoms with Crippen LogP contribution in [0.25, 0.3) is 0 Å². The summed E-state index contributed by atoms with van der Waals surface area (Å²) in [6, 6.07) is 6.76. The van der Waals surface area contributed by atoms with Gasteiger partial charge in [0.15, 0.2) is 5.96 Å². The van der Waals surface area contributed by atoms with E-state index in [1.165, 1.54) is 18.4 Å². The highest BCUT2D eigenvalue weighted by Crippen LogP contribution is 2.30. The molecular formula is C21H33IN4O2. The molecule has 1 aromatic carbocycles. The molecule has 6 nitrogen and oxygen atoms in total. The van der Waals surface area contributed by atoms with Crippen molar-refractivity contribution in [2.24, 2.45) is 10.9 Å². The van der Waals surface area contributed by atoms with Crippen LogP contribution in [0.15, 0.2) is 23.2 Å². The minimum Gasteiger partial charge on any atom is -0.493 e. The molecule has 1 amide bonds. The number of ether oxygens (including phenoxy) is 1. The third-order valence-corrected chi connectivity index (χ3v) is 4.88. The van der Waals surface area contributed by atoms with Crippen LogP contribution in [0.3, 0.4) is 0 Å². The van der Waals surface area contributed by atoms with Gasteiger partial charge in [-0.25, -0.2) is 0 Å². The third kappa shape index (κ3) is 8.24. The van der Waals surface area contributed by atoms with E-state index in [4.69, 9.17) is 4.74 Å². The van der Waals surface area contributed by atoms with Gasteiger partial charge < -0.3 is 20.7 Å². The van der Waals surface area contributed by atoms with Crippen molar-refractivity contribution in [1.82, 2.24) is 16.0 Å². The maximum absolute atomic E-state index is 11.7. The van der Waals surface area contributed by atoms with Crippen molar-refractivity contribution in [3.05, 3.63) is 29.3 Å². The van der Waals surface area contributed by atoms with Crippen molar-refractivity contribution in [1.29, 1.82) is 0 Å². The molecule has 0 aromatic heterocycles. The summed E-state index contributed by atoms with van der Waals surface area (Å²) < 4.78 is 6.02. The molecule has 3 N–H and O–H groups in total. The summed E-state index contributed by atoms with van der Waals surface area (Å²) in [6.45, 7) is 4.27. The first kappa shape index (κ1) is 22.8. The number of nitrogens with one attached hydrogen (secondary N) is 3. The van der Waals surface area contributed by atoms with E-state index in [1.807, 2.05) is 0 Å². The average molecular weight is 500 g/mol. The zero-order valence-electron chi connectivity index (χ0n) is 16.9. The van der Waals surface area contributed by atoms with Crippen LogP contribution in [0.1, 0.15) is 49.7 Å². The molecule has 2 aliphatic rings. The van der Waals surface area contributed by atoms with Crippen molar-refractivity contribution < 1.29 is 9.53 Å². The summed E-state index contributed by atoms with van der Waals surface area (Å²) in [4.78, 5) is 16.0. The molecule has 1 aromatic rings. The van der Waals surface area contributed by atoms with Crippen molar-refractivity contribution in [2.75, 3.05) is 20.2 Å². The highest BCUT2D eigenvalue weighted by Gasteiger charge is 2.23. The van der Waals surface area contributed by atoms with Gasteiger partial charge in [-0.2, -0.15) is 0 Å². The van der Waals surface area contributed by atoms with E-state index in [9.17, 15) is 4.79 Å². The Morgan fingerprint density at radius 1 is 1.21 bits per heavy atom. The average Bonchev–Trinajstić information content (AvgIpc) is 3.56. The van der Waals surface area contributed by atoms with Crippen LogP contribution in [0.5, 0.6) is 5.75 Å². The van der Waals surface area contributed by atoms with Crippen LogP contribution in [-0.4, -0.2) is 38.1 Å². The first-order valence-electron chi connectivity index (χ1n) is 10.1. The molecule has 0 radical (unpaired) electrons. The lowest BCUT2D eigenvalue weighted by Crippen LogP contribution is -2.37. The highest BCUT2D eigenvalue weighted by molar-refractivity contribution is 14.0. The number of carbonyl (C=O) groups is 1. The molecule has 0 bridgehead atoms. The third-order valence-electron chi connectivity index (χ3n) is 4.88. The Balaban J connectivity index is 0.00000280. The Bertz CT molecular complexity index is 672. The fourth-order valence-electron chi connectivity index (χ4n) is 2.82. The van der Waals surface area contributed by atoms with Crippen molar-refractivity contribution in [2.45, 2.75) is 58.0 Å². The van der Waals surface area contributed by atoms with Crippen molar-refractivity contribution >= 4 is 35.8 Å². The Morgan fingerprint density at radius 2 is 2.00 bits per heavy atom. The van der Waals surface area contributed by atoms with Crippen LogP contribution in [0.4, 0.5) is 0 Å². The molecule has 0 aliphatic heterocycles. The normalized spacial score (nSPS) is 16.1. The van der Waals surface area contributed by atoms with Gasteiger partial charge in [-0.3, -0.25) is 9.79 Å². The molecule has 28 heavy (non-hydrogen) atoms. The van der Waals surface area contributed by atoms with Crippen LogP contribution in [0, 0.1) is 12.8 Å². The van der Waals surface area contributed by atoms with E-state index in [0.717, 1.165) is 55.6 Å². The quantitative estimate of drug-likeness (QED) is 0.200. The first-order valence-corrected chi connectivity index (χ1v) is 10.1. The van der Waals surface area contributed by atoms with E-state index in [-0.39, 0.29) is 29.9 Å². The van der Waals surface area contributed by atoms with Gasteiger partial charge in [-0.15, -0.1) is 24.0 Å². The lowest BCUT2D eigenvalue weighted by atomic mass is 10.1. The minimum atomic E-state index is 0. The fraction of sp³-hybridized carbons (Fsp3) is 0.619. The number of amides is 1. The topological polar surface area (TPSA) is 74.8 Å². The number of guanidine groups is 1. The number of hydrogen-bond donors (Lipinski definition) is 3. The van der Waals surface area contributed by atoms with Gasteiger partial charge in [-0.05, 0) is 56.6 Å². The van der Waals surface area contributed by atoms with E-state index in [1.54, 1.807) is 7.05 Å². The van der Waals surface area contributed by atoms with Gasteiger partial charge in [0.1, 0.15) is 5.75 Å². The predicted octanol–water partition coefficient (Wildman–Crippen LogP) is 3.13. The maximum Gasteiger partial charge on any atom is 0.220 e. The van der Waals surface area contributed by atoms with Crippen LogP contribution < -0.4 is 20.7 Å². The number of hydrogen-bond acceptors (Lipinski definition) is 3. The zero-order chi connectivity index (χ0) is 19.1. The van der Waals surface area contributed by atoms with Gasteiger partial charge in [0, 0.05) is 38.2 Å². The molecule has 3 rings (SSSR count). The number of rotatable bonds is 10. The SMILES string of the molecule is CN=C(NCCCC(=O)NC1CC1)NCc1ccc(C)cc1OCC1CC1.I. The summed E-state index contributed by atoms with van der Waals surface area (Å²) in [5.41, 5.74) is 2.34.